The molecule has 0 radical (unpaired) electrons. The van der Waals surface area contributed by atoms with Gasteiger partial charge in [0, 0.05) is 23.8 Å². The van der Waals surface area contributed by atoms with E-state index in [1.165, 1.54) is 0 Å². The summed E-state index contributed by atoms with van der Waals surface area (Å²) in [6, 6.07) is 0. The fourth-order valence-corrected chi connectivity index (χ4v) is 0. The van der Waals surface area contributed by atoms with Crippen LogP contribution in [0.15, 0.2) is 0 Å². The van der Waals surface area contributed by atoms with E-state index in [2.05, 4.69) is 4.89 Å². The van der Waals surface area contributed by atoms with Crippen molar-refractivity contribution in [1.29, 1.82) is 0 Å². The molecule has 10 N–H and O–H groups in total. The van der Waals surface area contributed by atoms with Crippen molar-refractivity contribution >= 4 is 11.9 Å². The second-order valence-corrected chi connectivity index (χ2v) is 1.10. The maximum atomic E-state index is 9.34. The van der Waals surface area contributed by atoms with Crippen molar-refractivity contribution in [3.8, 4) is 0 Å². The molecule has 0 saturated carbocycles. The van der Waals surface area contributed by atoms with Crippen LogP contribution in [0.1, 0.15) is 13.8 Å². The lowest BCUT2D eigenvalue weighted by atomic mass is 10.9. The van der Waals surface area contributed by atoms with Gasteiger partial charge in [-0.3, -0.25) is 25.8 Å². The van der Waals surface area contributed by atoms with E-state index in [9.17, 15) is 4.79 Å². The fourth-order valence-electron chi connectivity index (χ4n) is 0. The standard InChI is InChI=1S/C2H4O3.C2H4O2.2H2O2.O2.2H2O/c1-2(3)5-4;1-2(3)4;3*1-2;;/h4H,1H3;1H3,(H,3,4);2*1-2H;;2*1H2. The average Bonchev–Trinajstić information content (AvgIpc) is 2.26. The first-order valence-electron chi connectivity index (χ1n) is 2.59. The number of hydrogen-bond donors (Lipinski definition) is 6. The molecule has 0 aliphatic rings. The van der Waals surface area contributed by atoms with Crippen LogP contribution >= 0.6 is 0 Å². The smallest absolute Gasteiger partial charge is 0.339 e. The monoisotopic (exact) mass is 272 g/mol. The third-order valence-electron chi connectivity index (χ3n) is 0.129. The van der Waals surface area contributed by atoms with Crippen molar-refractivity contribution < 1.29 is 56.8 Å². The molecule has 0 heterocycles. The molecule has 0 aliphatic carbocycles. The second-order valence-electron chi connectivity index (χ2n) is 1.10. The maximum Gasteiger partial charge on any atom is 0.339 e. The molecule has 0 saturated heterocycles. The largest absolute Gasteiger partial charge is 0.481 e. The first kappa shape index (κ1) is 45.5. The summed E-state index contributed by atoms with van der Waals surface area (Å²) in [5.74, 6) is -1.52. The van der Waals surface area contributed by atoms with Gasteiger partial charge in [-0.15, -0.1) is 0 Å². The lowest BCUT2D eigenvalue weighted by Crippen LogP contribution is -1.89. The van der Waals surface area contributed by atoms with Gasteiger partial charge < -0.3 is 20.9 Å². The van der Waals surface area contributed by atoms with Gasteiger partial charge in [-0.1, -0.05) is 0 Å². The molecule has 0 unspecified atom stereocenters. The molecule has 0 spiro atoms. The summed E-state index contributed by atoms with van der Waals surface area (Å²) in [6.07, 6.45) is 0. The number of aliphatic carboxylic acids is 1. The molecule has 0 aromatic heterocycles. The molecule has 0 amide bonds. The van der Waals surface area contributed by atoms with Crippen LogP contribution in [0, 0.1) is 9.93 Å². The number of carbonyl (C=O) groups is 2. The Morgan fingerprint density at radius 1 is 0.882 bits per heavy atom. The van der Waals surface area contributed by atoms with E-state index in [1.807, 2.05) is 0 Å². The van der Waals surface area contributed by atoms with Gasteiger partial charge in [-0.05, 0) is 0 Å². The van der Waals surface area contributed by atoms with E-state index >= 15 is 0 Å². The number of carboxylic acid groups (broad SMARTS) is 1. The quantitative estimate of drug-likeness (QED) is 0.219. The molecule has 110 valence electrons. The Balaban J connectivity index is -0.0000000153. The van der Waals surface area contributed by atoms with E-state index in [4.69, 9.17) is 46.1 Å². The number of hydrogen-bond acceptors (Lipinski definition) is 10. The van der Waals surface area contributed by atoms with Gasteiger partial charge in [0.25, 0.3) is 5.97 Å². The molecule has 0 aliphatic heterocycles. The van der Waals surface area contributed by atoms with Crippen LogP contribution in [0.4, 0.5) is 0 Å². The molecule has 0 aromatic rings. The Bertz CT molecular complexity index is 108. The zero-order valence-corrected chi connectivity index (χ0v) is 8.72. The Kier molecular flexibility index (Phi) is 242. The topological polar surface area (TPSA) is 262 Å². The summed E-state index contributed by atoms with van der Waals surface area (Å²) in [5.41, 5.74) is 0. The van der Waals surface area contributed by atoms with E-state index in [0.717, 1.165) is 13.8 Å². The first-order valence-corrected chi connectivity index (χ1v) is 2.59. The number of carbonyl (C=O) groups excluding carboxylic acids is 1. The molecular weight excluding hydrogens is 256 g/mol. The van der Waals surface area contributed by atoms with Crippen molar-refractivity contribution in [2.45, 2.75) is 13.8 Å². The lowest BCUT2D eigenvalue weighted by molar-refractivity contribution is -0.231. The molecule has 0 fully saturated rings. The normalized spacial score (nSPS) is 4.41. The minimum absolute atomic E-state index is 0. The fraction of sp³-hybridized carbons (Fsp3) is 0.500. The summed E-state index contributed by atoms with van der Waals surface area (Å²) in [4.78, 5) is 35.5. The summed E-state index contributed by atoms with van der Waals surface area (Å²) < 4.78 is 0. The van der Waals surface area contributed by atoms with Crippen molar-refractivity contribution in [3.63, 3.8) is 0 Å². The van der Waals surface area contributed by atoms with Crippen molar-refractivity contribution in [2.24, 2.45) is 0 Å². The summed E-state index contributed by atoms with van der Waals surface area (Å²) >= 11 is 0. The van der Waals surface area contributed by atoms with Crippen LogP contribution in [0.5, 0.6) is 0 Å². The van der Waals surface area contributed by atoms with E-state index in [-0.39, 0.29) is 11.0 Å². The van der Waals surface area contributed by atoms with Crippen LogP contribution in [-0.2, 0) is 14.5 Å². The zero-order valence-electron chi connectivity index (χ0n) is 8.72. The summed E-state index contributed by atoms with van der Waals surface area (Å²) in [7, 11) is 0. The molecule has 17 heavy (non-hydrogen) atoms. The van der Waals surface area contributed by atoms with Gasteiger partial charge in [-0.25, -0.2) is 4.79 Å². The van der Waals surface area contributed by atoms with Crippen LogP contribution < -0.4 is 0 Å². The molecule has 13 nitrogen and oxygen atoms in total. The van der Waals surface area contributed by atoms with Gasteiger partial charge in [0.1, 0.15) is 0 Å². The van der Waals surface area contributed by atoms with Gasteiger partial charge in [0.2, 0.25) is 0 Å². The Labute approximate surface area is 93.7 Å². The SMILES string of the molecule is CC(=O)O.CC(=O)OO.O.O.O=O.OO.OO. The van der Waals surface area contributed by atoms with E-state index in [1.54, 1.807) is 0 Å². The number of carboxylic acids is 1. The molecule has 13 heteroatoms. The van der Waals surface area contributed by atoms with Gasteiger partial charge in [0.05, 0.1) is 0 Å². The molecular formula is C4H16O13. The maximum absolute atomic E-state index is 9.34. The van der Waals surface area contributed by atoms with E-state index < -0.39 is 11.9 Å². The van der Waals surface area contributed by atoms with Gasteiger partial charge in [-0.2, -0.15) is 5.26 Å². The van der Waals surface area contributed by atoms with Crippen LogP contribution in [0.3, 0.4) is 0 Å². The first-order chi connectivity index (χ1) is 7.00. The van der Waals surface area contributed by atoms with Crippen molar-refractivity contribution in [1.82, 2.24) is 0 Å². The highest BCUT2D eigenvalue weighted by atomic mass is 17.1. The summed E-state index contributed by atoms with van der Waals surface area (Å²) in [6.45, 7) is 2.19. The van der Waals surface area contributed by atoms with Crippen LogP contribution in [-0.4, -0.2) is 54.3 Å². The van der Waals surface area contributed by atoms with Gasteiger partial charge in [0.15, 0.2) is 0 Å². The minimum Gasteiger partial charge on any atom is -0.481 e. The third-order valence-corrected chi connectivity index (χ3v) is 0.129. The highest BCUT2D eigenvalue weighted by molar-refractivity contribution is 5.64. The Hall–Kier alpha value is -1.74. The molecule has 0 rings (SSSR count). The molecule has 0 bridgehead atoms. The Morgan fingerprint density at radius 2 is 0.941 bits per heavy atom. The van der Waals surface area contributed by atoms with Crippen molar-refractivity contribution in [3.05, 3.63) is 9.93 Å². The zero-order chi connectivity index (χ0) is 13.9. The van der Waals surface area contributed by atoms with Gasteiger partial charge >= 0.3 is 5.97 Å². The summed E-state index contributed by atoms with van der Waals surface area (Å²) in [5, 5.41) is 38.7. The van der Waals surface area contributed by atoms with Crippen LogP contribution in [0.25, 0.3) is 0 Å². The molecule has 0 atom stereocenters. The highest BCUT2D eigenvalue weighted by Gasteiger charge is 1.79. The predicted molar refractivity (Wildman–Crippen MR) is 52.2 cm³/mol. The minimum atomic E-state index is -0.833. The highest BCUT2D eigenvalue weighted by Crippen LogP contribution is 1.59. The molecule has 0 aromatic carbocycles. The predicted octanol–water partition coefficient (Wildman–Crippen LogP) is -1.43. The lowest BCUT2D eigenvalue weighted by Gasteiger charge is -1.76. The van der Waals surface area contributed by atoms with E-state index in [0.29, 0.717) is 0 Å². The average molecular weight is 272 g/mol. The Morgan fingerprint density at radius 3 is 0.941 bits per heavy atom. The number of rotatable bonds is 0. The van der Waals surface area contributed by atoms with Crippen LogP contribution in [0.2, 0.25) is 0 Å². The second kappa shape index (κ2) is 90.6. The van der Waals surface area contributed by atoms with Crippen molar-refractivity contribution in [2.75, 3.05) is 0 Å². The third kappa shape index (κ3) is 31700.